The molecule has 1 aliphatic heterocycles. The van der Waals surface area contributed by atoms with E-state index in [0.29, 0.717) is 38.1 Å². The molecule has 0 spiro atoms. The number of aliphatic hydroxyl groups excluding tert-OH is 1. The Kier molecular flexibility index (Phi) is 4.23. The first-order chi connectivity index (χ1) is 11.2. The van der Waals surface area contributed by atoms with Gasteiger partial charge in [0.2, 0.25) is 0 Å². The van der Waals surface area contributed by atoms with Crippen molar-refractivity contribution in [2.45, 2.75) is 59.0 Å². The normalized spacial score (nSPS) is 40.6. The monoisotopic (exact) mass is 332 g/mol. The van der Waals surface area contributed by atoms with Gasteiger partial charge in [-0.2, -0.15) is 0 Å². The summed E-state index contributed by atoms with van der Waals surface area (Å²) in [6.45, 7) is 10.9. The van der Waals surface area contributed by atoms with Crippen LogP contribution in [-0.2, 0) is 14.3 Å². The van der Waals surface area contributed by atoms with E-state index in [4.69, 9.17) is 4.74 Å². The molecule has 3 rings (SSSR count). The van der Waals surface area contributed by atoms with Crippen LogP contribution in [0.2, 0.25) is 0 Å². The van der Waals surface area contributed by atoms with Gasteiger partial charge in [0.05, 0.1) is 12.7 Å². The van der Waals surface area contributed by atoms with Crippen LogP contribution in [0.3, 0.4) is 0 Å². The van der Waals surface area contributed by atoms with E-state index < -0.39 is 11.5 Å². The lowest BCUT2D eigenvalue weighted by Crippen LogP contribution is -2.55. The molecule has 0 aromatic carbocycles. The number of fused-ring (bicyclic) bond motifs is 1. The highest BCUT2D eigenvalue weighted by molar-refractivity contribution is 5.90. The lowest BCUT2D eigenvalue weighted by molar-refractivity contribution is -0.148. The number of carbonyl (C=O) groups is 2. The van der Waals surface area contributed by atoms with Crippen LogP contribution in [0.4, 0.5) is 0 Å². The maximum absolute atomic E-state index is 12.4. The maximum Gasteiger partial charge on any atom is 0.333 e. The minimum atomic E-state index is -0.577. The third-order valence-electron chi connectivity index (χ3n) is 6.87. The fourth-order valence-electron chi connectivity index (χ4n) is 5.22. The predicted octanol–water partition coefficient (Wildman–Crippen LogP) is 3.20. The lowest BCUT2D eigenvalue weighted by Gasteiger charge is -2.58. The van der Waals surface area contributed by atoms with Gasteiger partial charge in [0.25, 0.3) is 0 Å². The molecule has 4 nitrogen and oxygen atoms in total. The largest absolute Gasteiger partial charge is 0.462 e. The van der Waals surface area contributed by atoms with Gasteiger partial charge in [0.15, 0.2) is 0 Å². The van der Waals surface area contributed by atoms with E-state index in [2.05, 4.69) is 13.5 Å². The molecule has 2 saturated carbocycles. The Morgan fingerprint density at radius 2 is 2.00 bits per heavy atom. The minimum Gasteiger partial charge on any atom is -0.462 e. The Hall–Kier alpha value is -1.42. The van der Waals surface area contributed by atoms with Crippen LogP contribution in [0.25, 0.3) is 0 Å². The van der Waals surface area contributed by atoms with E-state index in [1.165, 1.54) is 0 Å². The van der Waals surface area contributed by atoms with Crippen molar-refractivity contribution in [3.8, 4) is 0 Å². The SMILES string of the molecule is C=C1C(O)CC2C(C)(C)C(=O)CCC2(C)C1CC=C1CCOC1=O. The van der Waals surface area contributed by atoms with Crippen molar-refractivity contribution in [1.29, 1.82) is 0 Å². The molecule has 0 amide bonds. The molecule has 3 fully saturated rings. The van der Waals surface area contributed by atoms with Crippen molar-refractivity contribution in [3.63, 3.8) is 0 Å². The van der Waals surface area contributed by atoms with Crippen molar-refractivity contribution in [1.82, 2.24) is 0 Å². The van der Waals surface area contributed by atoms with Crippen molar-refractivity contribution in [2.24, 2.45) is 22.7 Å². The van der Waals surface area contributed by atoms with Crippen LogP contribution < -0.4 is 0 Å². The van der Waals surface area contributed by atoms with Crippen LogP contribution >= 0.6 is 0 Å². The number of ketones is 1. The van der Waals surface area contributed by atoms with Gasteiger partial charge in [-0.15, -0.1) is 0 Å². The summed E-state index contributed by atoms with van der Waals surface area (Å²) in [4.78, 5) is 24.1. The van der Waals surface area contributed by atoms with E-state index >= 15 is 0 Å². The molecular weight excluding hydrogens is 304 g/mol. The van der Waals surface area contributed by atoms with Gasteiger partial charge >= 0.3 is 5.97 Å². The second kappa shape index (κ2) is 5.83. The number of ether oxygens (including phenoxy) is 1. The summed E-state index contributed by atoms with van der Waals surface area (Å²) in [6.07, 6.45) is 4.73. The highest BCUT2D eigenvalue weighted by Crippen LogP contribution is 2.60. The molecule has 0 aromatic rings. The van der Waals surface area contributed by atoms with Gasteiger partial charge < -0.3 is 9.84 Å². The van der Waals surface area contributed by atoms with Crippen molar-refractivity contribution in [3.05, 3.63) is 23.8 Å². The number of rotatable bonds is 2. The molecule has 0 bridgehead atoms. The number of hydrogen-bond donors (Lipinski definition) is 1. The smallest absolute Gasteiger partial charge is 0.333 e. The molecule has 4 unspecified atom stereocenters. The number of allylic oxidation sites excluding steroid dienone is 1. The first-order valence-electron chi connectivity index (χ1n) is 8.94. The quantitative estimate of drug-likeness (QED) is 0.479. The Balaban J connectivity index is 1.92. The molecule has 4 heteroatoms. The van der Waals surface area contributed by atoms with E-state index in [1.807, 2.05) is 19.9 Å². The second-order valence-electron chi connectivity index (χ2n) is 8.43. The van der Waals surface area contributed by atoms with E-state index in [0.717, 1.165) is 17.6 Å². The Bertz CT molecular complexity index is 615. The molecule has 0 aromatic heterocycles. The third-order valence-corrected chi connectivity index (χ3v) is 6.87. The number of aliphatic hydroxyl groups is 1. The first-order valence-corrected chi connectivity index (χ1v) is 8.94. The lowest BCUT2D eigenvalue weighted by atomic mass is 9.46. The highest BCUT2D eigenvalue weighted by Gasteiger charge is 2.57. The summed E-state index contributed by atoms with van der Waals surface area (Å²) >= 11 is 0. The Morgan fingerprint density at radius 1 is 1.29 bits per heavy atom. The van der Waals surface area contributed by atoms with Crippen molar-refractivity contribution < 1.29 is 19.4 Å². The van der Waals surface area contributed by atoms with Gasteiger partial charge in [0.1, 0.15) is 5.78 Å². The number of cyclic esters (lactones) is 1. The van der Waals surface area contributed by atoms with Gasteiger partial charge in [0, 0.05) is 23.8 Å². The molecular formula is C20H28O4. The summed E-state index contributed by atoms with van der Waals surface area (Å²) in [5.74, 6) is 0.282. The molecule has 4 atom stereocenters. The minimum absolute atomic E-state index is 0.0761. The zero-order chi connectivity index (χ0) is 17.7. The molecule has 1 N–H and O–H groups in total. The van der Waals surface area contributed by atoms with E-state index in [-0.39, 0.29) is 23.2 Å². The van der Waals surface area contributed by atoms with E-state index in [9.17, 15) is 14.7 Å². The second-order valence-corrected chi connectivity index (χ2v) is 8.43. The zero-order valence-corrected chi connectivity index (χ0v) is 14.9. The Morgan fingerprint density at radius 3 is 2.62 bits per heavy atom. The first kappa shape index (κ1) is 17.4. The van der Waals surface area contributed by atoms with Crippen LogP contribution in [0.5, 0.6) is 0 Å². The third kappa shape index (κ3) is 2.55. The van der Waals surface area contributed by atoms with Crippen molar-refractivity contribution >= 4 is 11.8 Å². The number of Topliss-reactive ketones (excluding diaryl/α,β-unsaturated/α-hetero) is 1. The van der Waals surface area contributed by atoms with Crippen LogP contribution in [0.1, 0.15) is 52.9 Å². The number of hydrogen-bond acceptors (Lipinski definition) is 4. The molecule has 3 aliphatic rings. The highest BCUT2D eigenvalue weighted by atomic mass is 16.5. The number of carbonyl (C=O) groups excluding carboxylic acids is 2. The summed E-state index contributed by atoms with van der Waals surface area (Å²) in [5, 5.41) is 10.5. The van der Waals surface area contributed by atoms with Gasteiger partial charge in [-0.1, -0.05) is 33.4 Å². The predicted molar refractivity (Wildman–Crippen MR) is 91.1 cm³/mol. The maximum atomic E-state index is 12.4. The standard InChI is InChI=1S/C20H28O4/c1-12-14(6-5-13-8-10-24-18(13)23)20(4)9-7-17(22)19(2,3)16(20)11-15(12)21/h5,14-16,21H,1,6-11H2,2-4H3. The van der Waals surface area contributed by atoms with Gasteiger partial charge in [-0.3, -0.25) is 4.79 Å². The van der Waals surface area contributed by atoms with Gasteiger partial charge in [-0.25, -0.2) is 4.79 Å². The van der Waals surface area contributed by atoms with Crippen LogP contribution in [0, 0.1) is 22.7 Å². The van der Waals surface area contributed by atoms with Crippen molar-refractivity contribution in [2.75, 3.05) is 6.61 Å². The van der Waals surface area contributed by atoms with Crippen LogP contribution in [0.15, 0.2) is 23.8 Å². The molecule has 0 radical (unpaired) electrons. The zero-order valence-electron chi connectivity index (χ0n) is 14.9. The summed E-state index contributed by atoms with van der Waals surface area (Å²) in [6, 6.07) is 0. The molecule has 1 saturated heterocycles. The summed E-state index contributed by atoms with van der Waals surface area (Å²) < 4.78 is 5.01. The number of esters is 1. The topological polar surface area (TPSA) is 63.6 Å². The average molecular weight is 332 g/mol. The molecule has 24 heavy (non-hydrogen) atoms. The molecule has 2 aliphatic carbocycles. The summed E-state index contributed by atoms with van der Waals surface area (Å²) in [7, 11) is 0. The van der Waals surface area contributed by atoms with Gasteiger partial charge in [-0.05, 0) is 42.1 Å². The fraction of sp³-hybridized carbons (Fsp3) is 0.700. The summed E-state index contributed by atoms with van der Waals surface area (Å²) in [5.41, 5.74) is 1.08. The van der Waals surface area contributed by atoms with Crippen LogP contribution in [-0.4, -0.2) is 29.6 Å². The average Bonchev–Trinajstić information content (AvgIpc) is 2.92. The molecule has 132 valence electrons. The fourth-order valence-corrected chi connectivity index (χ4v) is 5.22. The molecule has 1 heterocycles. The van der Waals surface area contributed by atoms with E-state index in [1.54, 1.807) is 0 Å². The Labute approximate surface area is 144 Å².